The van der Waals surface area contributed by atoms with Gasteiger partial charge in [-0.05, 0) is 79.9 Å². The highest BCUT2D eigenvalue weighted by Gasteiger charge is 2.62. The molecule has 4 fully saturated rings. The highest BCUT2D eigenvalue weighted by molar-refractivity contribution is 5.66. The lowest BCUT2D eigenvalue weighted by atomic mass is 9.42. The van der Waals surface area contributed by atoms with E-state index in [9.17, 15) is 15.0 Å². The van der Waals surface area contributed by atoms with Gasteiger partial charge in [-0.25, -0.2) is 4.79 Å². The molecular formula is C35H50N2O7. The maximum Gasteiger partial charge on any atom is 0.407 e. The van der Waals surface area contributed by atoms with Crippen molar-refractivity contribution in [3.05, 3.63) is 35.4 Å². The molecule has 7 aliphatic rings. The standard InChI is InChI=1S/C35H50N2O7/c1-32-17-24-18-33(2,21-32)23-34(19-24,22-32)37(31(39)40)11-13-43-15-14-42-12-10-36-9-8-35-7-6-26(38)16-28(35)44-30-27(41-3)5-4-25(20-36)29(30)35/h4-7,24,26,28,38H,8-23H2,1-3H3,(H,39,40)/t24-,26-,28-,32+,33-,34+,35-/m0/s1. The van der Waals surface area contributed by atoms with Crippen molar-refractivity contribution < 1.29 is 34.0 Å². The number of aliphatic hydroxyl groups is 1. The van der Waals surface area contributed by atoms with Gasteiger partial charge in [0.25, 0.3) is 0 Å². The maximum atomic E-state index is 12.5. The third kappa shape index (κ3) is 5.21. The summed E-state index contributed by atoms with van der Waals surface area (Å²) in [6.07, 6.45) is 10.9. The Balaban J connectivity index is 0.885. The summed E-state index contributed by atoms with van der Waals surface area (Å²) >= 11 is 0. The lowest BCUT2D eigenvalue weighted by Crippen LogP contribution is -2.66. The largest absolute Gasteiger partial charge is 0.493 e. The Kier molecular flexibility index (Phi) is 7.71. The highest BCUT2D eigenvalue weighted by Crippen LogP contribution is 2.67. The maximum absolute atomic E-state index is 12.5. The molecule has 2 heterocycles. The first-order chi connectivity index (χ1) is 21.1. The van der Waals surface area contributed by atoms with Crippen molar-refractivity contribution in [3.63, 3.8) is 0 Å². The molecule has 7 atom stereocenters. The number of benzene rings is 1. The van der Waals surface area contributed by atoms with Gasteiger partial charge in [-0.3, -0.25) is 4.90 Å². The Hall–Kier alpha value is -2.33. The monoisotopic (exact) mass is 610 g/mol. The zero-order chi connectivity index (χ0) is 30.7. The molecule has 0 radical (unpaired) electrons. The zero-order valence-corrected chi connectivity index (χ0v) is 26.7. The first-order valence-corrected chi connectivity index (χ1v) is 16.7. The van der Waals surface area contributed by atoms with Crippen LogP contribution in [0.3, 0.4) is 0 Å². The van der Waals surface area contributed by atoms with Crippen LogP contribution in [0, 0.1) is 16.7 Å². The second-order valence-corrected chi connectivity index (χ2v) is 15.5. The van der Waals surface area contributed by atoms with Gasteiger partial charge in [0.05, 0.1) is 45.1 Å². The molecule has 44 heavy (non-hydrogen) atoms. The van der Waals surface area contributed by atoms with Gasteiger partial charge in [-0.2, -0.15) is 0 Å². The molecule has 0 unspecified atom stereocenters. The average Bonchev–Trinajstić information content (AvgIpc) is 3.18. The molecular weight excluding hydrogens is 560 g/mol. The fraction of sp³-hybridized carbons (Fsp3) is 0.743. The van der Waals surface area contributed by atoms with E-state index in [0.29, 0.717) is 45.3 Å². The van der Waals surface area contributed by atoms with Crippen molar-refractivity contribution in [2.75, 3.05) is 53.2 Å². The number of hydrogen-bond acceptors (Lipinski definition) is 7. The number of rotatable bonds is 11. The molecule has 1 aromatic rings. The minimum atomic E-state index is -0.803. The first kappa shape index (κ1) is 30.3. The van der Waals surface area contributed by atoms with Gasteiger partial charge in [-0.15, -0.1) is 0 Å². The predicted molar refractivity (Wildman–Crippen MR) is 165 cm³/mol. The number of amides is 1. The van der Waals surface area contributed by atoms with Crippen LogP contribution >= 0.6 is 0 Å². The van der Waals surface area contributed by atoms with Crippen LogP contribution in [0.15, 0.2) is 24.3 Å². The fourth-order valence-corrected chi connectivity index (χ4v) is 11.1. The number of ether oxygens (including phenoxy) is 4. The molecule has 1 aromatic carbocycles. The number of nitrogens with zero attached hydrogens (tertiary/aromatic N) is 2. The van der Waals surface area contributed by atoms with Crippen LogP contribution in [-0.2, 0) is 21.4 Å². The molecule has 4 bridgehead atoms. The van der Waals surface area contributed by atoms with Crippen molar-refractivity contribution >= 4 is 6.09 Å². The minimum Gasteiger partial charge on any atom is -0.493 e. The van der Waals surface area contributed by atoms with Crippen LogP contribution in [0.2, 0.25) is 0 Å². The molecule has 9 nitrogen and oxygen atoms in total. The lowest BCUT2D eigenvalue weighted by molar-refractivity contribution is -0.155. The SMILES string of the molecule is COc1ccc2c3c1O[C@H]1C[C@@H](O)C=C[C@@]31CCN(CCOCCOCCN(C(=O)O)[C@]13C[C@@H]4C[C@@](C)(C[C@@](C)(C4)C1)C3)C2. The quantitative estimate of drug-likeness (QED) is 0.267. The average molecular weight is 611 g/mol. The van der Waals surface area contributed by atoms with E-state index in [1.54, 1.807) is 12.0 Å². The van der Waals surface area contributed by atoms with Gasteiger partial charge in [0.15, 0.2) is 11.5 Å². The number of carboxylic acid groups (broad SMARTS) is 1. The van der Waals surface area contributed by atoms with E-state index in [2.05, 4.69) is 30.9 Å². The van der Waals surface area contributed by atoms with Crippen LogP contribution in [0.25, 0.3) is 0 Å². The minimum absolute atomic E-state index is 0.0907. The van der Waals surface area contributed by atoms with Crippen molar-refractivity contribution in [1.29, 1.82) is 0 Å². The molecule has 8 rings (SSSR count). The van der Waals surface area contributed by atoms with E-state index in [0.717, 1.165) is 56.8 Å². The van der Waals surface area contributed by atoms with Gasteiger partial charge in [0, 0.05) is 37.2 Å². The number of methoxy groups -OCH3 is 1. The normalized spacial score (nSPS) is 38.1. The zero-order valence-electron chi connectivity index (χ0n) is 26.7. The van der Waals surface area contributed by atoms with E-state index in [1.165, 1.54) is 30.4 Å². The van der Waals surface area contributed by atoms with Crippen molar-refractivity contribution in [2.24, 2.45) is 16.7 Å². The summed E-state index contributed by atoms with van der Waals surface area (Å²) in [6.45, 7) is 9.66. The van der Waals surface area contributed by atoms with E-state index in [-0.39, 0.29) is 27.9 Å². The third-order valence-electron chi connectivity index (χ3n) is 11.8. The summed E-state index contributed by atoms with van der Waals surface area (Å²) < 4.78 is 24.0. The molecule has 0 aromatic heterocycles. The Morgan fingerprint density at radius 2 is 1.82 bits per heavy atom. The molecule has 0 saturated heterocycles. The summed E-state index contributed by atoms with van der Waals surface area (Å²) in [5, 5.41) is 20.5. The van der Waals surface area contributed by atoms with Gasteiger partial charge in [0.2, 0.25) is 0 Å². The Morgan fingerprint density at radius 3 is 2.52 bits per heavy atom. The fourth-order valence-electron chi connectivity index (χ4n) is 11.1. The molecule has 2 aliphatic heterocycles. The topological polar surface area (TPSA) is 101 Å². The Morgan fingerprint density at radius 1 is 1.07 bits per heavy atom. The Bertz CT molecular complexity index is 1280. The van der Waals surface area contributed by atoms with Gasteiger partial charge in [0.1, 0.15) is 6.10 Å². The van der Waals surface area contributed by atoms with Crippen LogP contribution in [0.5, 0.6) is 11.5 Å². The molecule has 1 amide bonds. The van der Waals surface area contributed by atoms with Gasteiger partial charge < -0.3 is 34.1 Å². The molecule has 2 N–H and O–H groups in total. The van der Waals surface area contributed by atoms with Gasteiger partial charge in [-0.1, -0.05) is 32.1 Å². The summed E-state index contributed by atoms with van der Waals surface area (Å²) in [4.78, 5) is 16.6. The predicted octanol–water partition coefficient (Wildman–Crippen LogP) is 4.98. The summed E-state index contributed by atoms with van der Waals surface area (Å²) in [5.74, 6) is 2.23. The van der Waals surface area contributed by atoms with E-state index < -0.39 is 12.2 Å². The van der Waals surface area contributed by atoms with E-state index >= 15 is 0 Å². The lowest BCUT2D eigenvalue weighted by Gasteiger charge is -2.67. The molecule has 4 saturated carbocycles. The van der Waals surface area contributed by atoms with Crippen LogP contribution < -0.4 is 9.47 Å². The van der Waals surface area contributed by atoms with Crippen molar-refractivity contribution in [2.45, 2.75) is 94.9 Å². The van der Waals surface area contributed by atoms with Crippen LogP contribution in [0.4, 0.5) is 4.79 Å². The smallest absolute Gasteiger partial charge is 0.407 e. The number of hydrogen-bond donors (Lipinski definition) is 2. The van der Waals surface area contributed by atoms with Crippen molar-refractivity contribution in [1.82, 2.24) is 9.80 Å². The second kappa shape index (κ2) is 11.2. The molecule has 242 valence electrons. The number of aliphatic hydroxyl groups excluding tert-OH is 1. The molecule has 5 aliphatic carbocycles. The first-order valence-electron chi connectivity index (χ1n) is 16.7. The third-order valence-corrected chi connectivity index (χ3v) is 11.8. The van der Waals surface area contributed by atoms with E-state index in [1.807, 2.05) is 12.1 Å². The summed E-state index contributed by atoms with van der Waals surface area (Å²) in [6, 6.07) is 4.15. The number of carbonyl (C=O) groups is 1. The van der Waals surface area contributed by atoms with Gasteiger partial charge >= 0.3 is 6.09 Å². The second-order valence-electron chi connectivity index (χ2n) is 15.5. The van der Waals surface area contributed by atoms with E-state index in [4.69, 9.17) is 18.9 Å². The van der Waals surface area contributed by atoms with Crippen LogP contribution in [-0.4, -0.2) is 97.0 Å². The summed E-state index contributed by atoms with van der Waals surface area (Å²) in [5.41, 5.74) is 2.53. The molecule has 9 heteroatoms. The van der Waals surface area contributed by atoms with Crippen LogP contribution in [0.1, 0.15) is 76.3 Å². The Labute approximate surface area is 261 Å². The summed E-state index contributed by atoms with van der Waals surface area (Å²) in [7, 11) is 1.68. The highest BCUT2D eigenvalue weighted by atomic mass is 16.5. The van der Waals surface area contributed by atoms with Crippen molar-refractivity contribution in [3.8, 4) is 11.5 Å². The molecule has 1 spiro atoms.